The van der Waals surface area contributed by atoms with Crippen LogP contribution in [-0.2, 0) is 0 Å². The zero-order valence-corrected chi connectivity index (χ0v) is 12.2. The first-order chi connectivity index (χ1) is 11.4. The minimum Gasteiger partial charge on any atom is -0.264 e. The number of nitrogens with zero attached hydrogens (tertiary/aromatic N) is 5. The summed E-state index contributed by atoms with van der Waals surface area (Å²) in [6, 6.07) is 12.0. The molecule has 0 aliphatic carbocycles. The van der Waals surface area contributed by atoms with Crippen molar-refractivity contribution in [2.75, 3.05) is 0 Å². The molecule has 0 bridgehead atoms. The van der Waals surface area contributed by atoms with Crippen LogP contribution >= 0.6 is 0 Å². The first kappa shape index (κ1) is 13.3. The summed E-state index contributed by atoms with van der Waals surface area (Å²) in [5.74, 6) is 0.681. The molecule has 5 heteroatoms. The Morgan fingerprint density at radius 2 is 1.57 bits per heavy atom. The highest BCUT2D eigenvalue weighted by molar-refractivity contribution is 6.10. The Labute approximate surface area is 133 Å². The Bertz CT molecular complexity index is 883. The van der Waals surface area contributed by atoms with Gasteiger partial charge in [0.15, 0.2) is 5.82 Å². The summed E-state index contributed by atoms with van der Waals surface area (Å²) >= 11 is 0. The van der Waals surface area contributed by atoms with Gasteiger partial charge in [-0.3, -0.25) is 4.98 Å². The van der Waals surface area contributed by atoms with E-state index < -0.39 is 0 Å². The first-order valence-corrected chi connectivity index (χ1v) is 7.17. The van der Waals surface area contributed by atoms with Gasteiger partial charge < -0.3 is 0 Å². The highest BCUT2D eigenvalue weighted by atomic mass is 15.3. The van der Waals surface area contributed by atoms with Crippen molar-refractivity contribution in [3.05, 3.63) is 72.9 Å². The van der Waals surface area contributed by atoms with Crippen molar-refractivity contribution in [3.8, 4) is 22.5 Å². The van der Waals surface area contributed by atoms with Crippen molar-refractivity contribution < 1.29 is 0 Å². The second-order valence-corrected chi connectivity index (χ2v) is 5.03. The molecule has 3 heterocycles. The molecule has 3 aromatic rings. The SMILES string of the molecule is C1=N[N]C=C1c1cnc(-c2ccccc2-c2cccnc2)nc1. The van der Waals surface area contributed by atoms with E-state index in [2.05, 4.69) is 31.5 Å². The lowest BCUT2D eigenvalue weighted by Crippen LogP contribution is -1.94. The molecule has 0 amide bonds. The highest BCUT2D eigenvalue weighted by Gasteiger charge is 2.11. The van der Waals surface area contributed by atoms with Crippen LogP contribution in [0.25, 0.3) is 28.1 Å². The number of rotatable bonds is 3. The summed E-state index contributed by atoms with van der Waals surface area (Å²) in [4.78, 5) is 13.2. The van der Waals surface area contributed by atoms with Gasteiger partial charge in [0.2, 0.25) is 0 Å². The van der Waals surface area contributed by atoms with Gasteiger partial charge in [-0.1, -0.05) is 30.3 Å². The lowest BCUT2D eigenvalue weighted by molar-refractivity contribution is 0.977. The molecule has 2 aromatic heterocycles. The summed E-state index contributed by atoms with van der Waals surface area (Å²) in [6.45, 7) is 0. The molecule has 0 spiro atoms. The Morgan fingerprint density at radius 1 is 0.739 bits per heavy atom. The number of pyridine rings is 1. The molecule has 1 aromatic carbocycles. The van der Waals surface area contributed by atoms with Gasteiger partial charge in [0.05, 0.1) is 12.4 Å². The molecule has 0 N–H and O–H groups in total. The molecule has 1 aliphatic heterocycles. The van der Waals surface area contributed by atoms with Crippen LogP contribution in [0.4, 0.5) is 0 Å². The van der Waals surface area contributed by atoms with Crippen molar-refractivity contribution in [1.82, 2.24) is 20.4 Å². The maximum Gasteiger partial charge on any atom is 0.159 e. The normalized spacial score (nSPS) is 12.8. The molecule has 1 radical (unpaired) electrons. The standard InChI is InChI=1S/C18H12N5/c1-2-6-17(16(5-1)13-4-3-7-19-8-13)18-20-9-14(10-21-18)15-11-22-23-12-15/h1-12H. The second kappa shape index (κ2) is 5.81. The van der Waals surface area contributed by atoms with E-state index in [4.69, 9.17) is 0 Å². The van der Waals surface area contributed by atoms with Crippen LogP contribution in [0.2, 0.25) is 0 Å². The Morgan fingerprint density at radius 3 is 2.26 bits per heavy atom. The largest absolute Gasteiger partial charge is 0.264 e. The molecule has 0 unspecified atom stereocenters. The molecular weight excluding hydrogens is 286 g/mol. The number of allylic oxidation sites excluding steroid dienone is 1. The maximum atomic E-state index is 4.50. The van der Waals surface area contributed by atoms with E-state index in [-0.39, 0.29) is 0 Å². The van der Waals surface area contributed by atoms with Crippen LogP contribution in [0.5, 0.6) is 0 Å². The van der Waals surface area contributed by atoms with Gasteiger partial charge in [-0.15, -0.1) is 0 Å². The van der Waals surface area contributed by atoms with E-state index in [1.54, 1.807) is 31.0 Å². The van der Waals surface area contributed by atoms with Crippen LogP contribution in [0.15, 0.2) is 72.5 Å². The Balaban J connectivity index is 1.75. The average molecular weight is 298 g/mol. The third-order valence-electron chi connectivity index (χ3n) is 3.59. The van der Waals surface area contributed by atoms with Crippen molar-refractivity contribution >= 4 is 11.8 Å². The molecule has 0 fully saturated rings. The van der Waals surface area contributed by atoms with Crippen LogP contribution in [-0.4, -0.2) is 21.2 Å². The summed E-state index contributed by atoms with van der Waals surface area (Å²) in [5, 5.41) is 3.82. The molecule has 23 heavy (non-hydrogen) atoms. The van der Waals surface area contributed by atoms with E-state index in [9.17, 15) is 0 Å². The van der Waals surface area contributed by atoms with Crippen molar-refractivity contribution in [3.63, 3.8) is 0 Å². The molecule has 0 saturated heterocycles. The number of aromatic nitrogens is 3. The molecule has 109 valence electrons. The summed E-state index contributed by atoms with van der Waals surface area (Å²) in [5.41, 5.74) is 8.71. The first-order valence-electron chi connectivity index (χ1n) is 7.17. The van der Waals surface area contributed by atoms with Gasteiger partial charge in [-0.2, -0.15) is 10.5 Å². The molecule has 0 atom stereocenters. The van der Waals surface area contributed by atoms with Gasteiger partial charge in [-0.05, 0) is 11.6 Å². The van der Waals surface area contributed by atoms with E-state index in [1.165, 1.54) is 0 Å². The highest BCUT2D eigenvalue weighted by Crippen LogP contribution is 2.29. The maximum absolute atomic E-state index is 4.50. The lowest BCUT2D eigenvalue weighted by Gasteiger charge is -2.08. The molecule has 1 aliphatic rings. The number of hydrogen-bond acceptors (Lipinski definition) is 4. The predicted octanol–water partition coefficient (Wildman–Crippen LogP) is 3.15. The Hall–Kier alpha value is -3.34. The van der Waals surface area contributed by atoms with Gasteiger partial charge in [0.25, 0.3) is 0 Å². The van der Waals surface area contributed by atoms with E-state index in [0.29, 0.717) is 5.82 Å². The predicted molar refractivity (Wildman–Crippen MR) is 89.3 cm³/mol. The van der Waals surface area contributed by atoms with E-state index >= 15 is 0 Å². The Kier molecular flexibility index (Phi) is 3.37. The molecule has 4 rings (SSSR count). The third-order valence-corrected chi connectivity index (χ3v) is 3.59. The van der Waals surface area contributed by atoms with Crippen LogP contribution in [0, 0.1) is 0 Å². The monoisotopic (exact) mass is 298 g/mol. The fraction of sp³-hybridized carbons (Fsp3) is 0. The van der Waals surface area contributed by atoms with Gasteiger partial charge in [0, 0.05) is 47.1 Å². The lowest BCUT2D eigenvalue weighted by atomic mass is 10.0. The van der Waals surface area contributed by atoms with Crippen molar-refractivity contribution in [2.24, 2.45) is 5.10 Å². The minimum absolute atomic E-state index is 0.681. The van der Waals surface area contributed by atoms with Gasteiger partial charge in [0.1, 0.15) is 0 Å². The topological polar surface area (TPSA) is 65.1 Å². The summed E-state index contributed by atoms with van der Waals surface area (Å²) in [7, 11) is 0. The fourth-order valence-corrected chi connectivity index (χ4v) is 2.44. The molecular formula is C18H12N5. The molecule has 5 nitrogen and oxygen atoms in total. The zero-order chi connectivity index (χ0) is 15.5. The second-order valence-electron chi connectivity index (χ2n) is 5.03. The van der Waals surface area contributed by atoms with Crippen molar-refractivity contribution in [2.45, 2.75) is 0 Å². The molecule has 0 saturated carbocycles. The van der Waals surface area contributed by atoms with Crippen LogP contribution < -0.4 is 5.43 Å². The summed E-state index contributed by atoms with van der Waals surface area (Å²) < 4.78 is 0. The zero-order valence-electron chi connectivity index (χ0n) is 12.2. The van der Waals surface area contributed by atoms with Crippen LogP contribution in [0.1, 0.15) is 5.56 Å². The van der Waals surface area contributed by atoms with Crippen molar-refractivity contribution in [1.29, 1.82) is 0 Å². The number of benzene rings is 1. The fourth-order valence-electron chi connectivity index (χ4n) is 2.44. The summed E-state index contributed by atoms with van der Waals surface area (Å²) in [6.07, 6.45) is 10.6. The smallest absolute Gasteiger partial charge is 0.159 e. The van der Waals surface area contributed by atoms with E-state index in [1.807, 2.05) is 36.5 Å². The number of hydrogen-bond donors (Lipinski definition) is 0. The third kappa shape index (κ3) is 2.60. The quantitative estimate of drug-likeness (QED) is 0.746. The van der Waals surface area contributed by atoms with Gasteiger partial charge in [-0.25, -0.2) is 9.97 Å². The van der Waals surface area contributed by atoms with E-state index in [0.717, 1.165) is 27.8 Å². The minimum atomic E-state index is 0.681. The average Bonchev–Trinajstić information content (AvgIpc) is 3.17. The van der Waals surface area contributed by atoms with Crippen LogP contribution in [0.3, 0.4) is 0 Å². The van der Waals surface area contributed by atoms with Gasteiger partial charge >= 0.3 is 0 Å².